The quantitative estimate of drug-likeness (QED) is 0.848. The maximum atomic E-state index is 12.9. The molecule has 118 valence electrons. The molecular weight excluding hydrogens is 335 g/mol. The standard InChI is InChI=1S/C13H18Cl2N2O3S/c1-3-10-7-20-8(2)6-17(10)21(18,19)13-11(14)4-9(16)5-12(13)15/h4-5,8,10H,3,6-7,16H2,1-2H3. The first-order valence-electron chi connectivity index (χ1n) is 6.65. The summed E-state index contributed by atoms with van der Waals surface area (Å²) >= 11 is 12.1. The first kappa shape index (κ1) is 16.8. The number of hydrogen-bond acceptors (Lipinski definition) is 4. The normalized spacial score (nSPS) is 24.2. The third-order valence-corrected chi connectivity index (χ3v) is 6.32. The second-order valence-electron chi connectivity index (χ2n) is 5.09. The molecule has 0 amide bonds. The number of nitrogens with two attached hydrogens (primary N) is 1. The minimum absolute atomic E-state index is 0.0361. The van der Waals surface area contributed by atoms with Crippen LogP contribution in [0.15, 0.2) is 17.0 Å². The third kappa shape index (κ3) is 3.29. The van der Waals surface area contributed by atoms with Gasteiger partial charge in [-0.25, -0.2) is 8.42 Å². The first-order chi connectivity index (χ1) is 9.77. The lowest BCUT2D eigenvalue weighted by Gasteiger charge is -2.37. The van der Waals surface area contributed by atoms with Gasteiger partial charge in [0.25, 0.3) is 0 Å². The largest absolute Gasteiger partial charge is 0.399 e. The Bertz CT molecular complexity index is 613. The lowest BCUT2D eigenvalue weighted by molar-refractivity contribution is -0.0230. The van der Waals surface area contributed by atoms with E-state index in [1.54, 1.807) is 0 Å². The number of sulfonamides is 1. The van der Waals surface area contributed by atoms with Crippen LogP contribution in [-0.4, -0.2) is 38.0 Å². The summed E-state index contributed by atoms with van der Waals surface area (Å²) in [5, 5.41) is 0.0722. The Labute approximate surface area is 135 Å². The average molecular weight is 353 g/mol. The Morgan fingerprint density at radius 1 is 1.38 bits per heavy atom. The highest BCUT2D eigenvalue weighted by molar-refractivity contribution is 7.89. The number of ether oxygens (including phenoxy) is 1. The molecule has 0 bridgehead atoms. The van der Waals surface area contributed by atoms with Crippen LogP contribution >= 0.6 is 23.2 Å². The van der Waals surface area contributed by atoms with Crippen LogP contribution in [-0.2, 0) is 14.8 Å². The number of anilines is 1. The van der Waals surface area contributed by atoms with E-state index in [1.165, 1.54) is 16.4 Å². The van der Waals surface area contributed by atoms with Gasteiger partial charge >= 0.3 is 0 Å². The Kier molecular flexibility index (Phi) is 5.05. The average Bonchev–Trinajstić information content (AvgIpc) is 2.37. The molecule has 2 rings (SSSR count). The van der Waals surface area contributed by atoms with E-state index < -0.39 is 10.0 Å². The van der Waals surface area contributed by atoms with Crippen molar-refractivity contribution in [2.75, 3.05) is 18.9 Å². The smallest absolute Gasteiger partial charge is 0.246 e. The molecule has 1 aromatic carbocycles. The van der Waals surface area contributed by atoms with Crippen LogP contribution in [0, 0.1) is 0 Å². The van der Waals surface area contributed by atoms with Gasteiger partial charge in [-0.05, 0) is 25.5 Å². The molecule has 1 aliphatic heterocycles. The molecule has 1 saturated heterocycles. The minimum Gasteiger partial charge on any atom is -0.399 e. The molecule has 21 heavy (non-hydrogen) atoms. The zero-order valence-electron chi connectivity index (χ0n) is 11.8. The highest BCUT2D eigenvalue weighted by atomic mass is 35.5. The Hall–Kier alpha value is -0.530. The molecule has 8 heteroatoms. The molecule has 2 atom stereocenters. The van der Waals surface area contributed by atoms with Crippen molar-refractivity contribution in [1.29, 1.82) is 0 Å². The van der Waals surface area contributed by atoms with Crippen LogP contribution < -0.4 is 5.73 Å². The van der Waals surface area contributed by atoms with E-state index in [0.29, 0.717) is 18.7 Å². The zero-order chi connectivity index (χ0) is 15.8. The fraction of sp³-hybridized carbons (Fsp3) is 0.538. The SMILES string of the molecule is CCC1COC(C)CN1S(=O)(=O)c1c(Cl)cc(N)cc1Cl. The summed E-state index contributed by atoms with van der Waals surface area (Å²) in [6, 6.07) is 2.56. The Morgan fingerprint density at radius 2 is 1.95 bits per heavy atom. The van der Waals surface area contributed by atoms with Gasteiger partial charge in [-0.2, -0.15) is 4.31 Å². The van der Waals surface area contributed by atoms with Crippen molar-refractivity contribution in [2.45, 2.75) is 37.3 Å². The van der Waals surface area contributed by atoms with Crippen LogP contribution in [0.25, 0.3) is 0 Å². The number of benzene rings is 1. The van der Waals surface area contributed by atoms with Crippen molar-refractivity contribution in [3.63, 3.8) is 0 Å². The second-order valence-corrected chi connectivity index (χ2v) is 7.74. The van der Waals surface area contributed by atoms with Gasteiger partial charge in [-0.3, -0.25) is 0 Å². The number of nitrogen functional groups attached to an aromatic ring is 1. The van der Waals surface area contributed by atoms with Gasteiger partial charge in [0.05, 0.1) is 22.8 Å². The molecule has 0 radical (unpaired) electrons. The van der Waals surface area contributed by atoms with E-state index in [4.69, 9.17) is 33.7 Å². The van der Waals surface area contributed by atoms with Crippen molar-refractivity contribution >= 4 is 38.9 Å². The van der Waals surface area contributed by atoms with Crippen molar-refractivity contribution in [2.24, 2.45) is 0 Å². The van der Waals surface area contributed by atoms with Crippen molar-refractivity contribution < 1.29 is 13.2 Å². The minimum atomic E-state index is -3.80. The summed E-state index contributed by atoms with van der Waals surface area (Å²) in [6.45, 7) is 4.39. The zero-order valence-corrected chi connectivity index (χ0v) is 14.2. The van der Waals surface area contributed by atoms with E-state index in [2.05, 4.69) is 0 Å². The summed E-state index contributed by atoms with van der Waals surface area (Å²) in [4.78, 5) is -0.0902. The van der Waals surface area contributed by atoms with Gasteiger partial charge < -0.3 is 10.5 Å². The summed E-state index contributed by atoms with van der Waals surface area (Å²) in [7, 11) is -3.80. The molecule has 0 spiro atoms. The monoisotopic (exact) mass is 352 g/mol. The van der Waals surface area contributed by atoms with Gasteiger partial charge in [0.1, 0.15) is 4.90 Å². The first-order valence-corrected chi connectivity index (χ1v) is 8.85. The van der Waals surface area contributed by atoms with Gasteiger partial charge in [0.2, 0.25) is 10.0 Å². The van der Waals surface area contributed by atoms with Crippen LogP contribution in [0.3, 0.4) is 0 Å². The lowest BCUT2D eigenvalue weighted by Crippen LogP contribution is -2.51. The van der Waals surface area contributed by atoms with E-state index >= 15 is 0 Å². The highest BCUT2D eigenvalue weighted by Crippen LogP contribution is 2.35. The Morgan fingerprint density at radius 3 is 2.48 bits per heavy atom. The molecule has 1 aromatic rings. The molecule has 1 aliphatic rings. The van der Waals surface area contributed by atoms with Gasteiger partial charge in [-0.1, -0.05) is 30.1 Å². The van der Waals surface area contributed by atoms with Crippen LogP contribution in [0.1, 0.15) is 20.3 Å². The van der Waals surface area contributed by atoms with Gasteiger partial charge in [0.15, 0.2) is 0 Å². The summed E-state index contributed by atoms with van der Waals surface area (Å²) < 4.78 is 32.8. The molecule has 5 nitrogen and oxygen atoms in total. The summed E-state index contributed by atoms with van der Waals surface area (Å²) in [5.41, 5.74) is 5.95. The number of hydrogen-bond donors (Lipinski definition) is 1. The summed E-state index contributed by atoms with van der Waals surface area (Å²) in [6.07, 6.45) is 0.477. The second kappa shape index (κ2) is 6.30. The number of nitrogens with zero attached hydrogens (tertiary/aromatic N) is 1. The van der Waals surface area contributed by atoms with E-state index in [9.17, 15) is 8.42 Å². The molecule has 1 heterocycles. The highest BCUT2D eigenvalue weighted by Gasteiger charge is 2.37. The maximum Gasteiger partial charge on any atom is 0.246 e. The van der Waals surface area contributed by atoms with Crippen LogP contribution in [0.5, 0.6) is 0 Å². The molecule has 0 aliphatic carbocycles. The fourth-order valence-electron chi connectivity index (χ4n) is 2.37. The molecule has 0 saturated carbocycles. The predicted octanol–water partition coefficient (Wildman–Crippen LogP) is 2.76. The molecule has 2 N–H and O–H groups in total. The van der Waals surface area contributed by atoms with Crippen molar-refractivity contribution in [1.82, 2.24) is 4.31 Å². The van der Waals surface area contributed by atoms with Crippen molar-refractivity contribution in [3.05, 3.63) is 22.2 Å². The van der Waals surface area contributed by atoms with Crippen LogP contribution in [0.2, 0.25) is 10.0 Å². The molecule has 1 fully saturated rings. The lowest BCUT2D eigenvalue weighted by atomic mass is 10.2. The molecular formula is C13H18Cl2N2O3S. The number of halogens is 2. The topological polar surface area (TPSA) is 72.6 Å². The predicted molar refractivity (Wildman–Crippen MR) is 84.3 cm³/mol. The van der Waals surface area contributed by atoms with E-state index in [1.807, 2.05) is 13.8 Å². The maximum absolute atomic E-state index is 12.9. The fourth-order valence-corrected chi connectivity index (χ4v) is 5.32. The number of rotatable bonds is 3. The molecule has 2 unspecified atom stereocenters. The van der Waals surface area contributed by atoms with Gasteiger partial charge in [-0.15, -0.1) is 0 Å². The van der Waals surface area contributed by atoms with E-state index in [0.717, 1.165) is 0 Å². The van der Waals surface area contributed by atoms with E-state index in [-0.39, 0.29) is 33.6 Å². The Balaban J connectivity index is 2.50. The summed E-state index contributed by atoms with van der Waals surface area (Å²) in [5.74, 6) is 0. The van der Waals surface area contributed by atoms with Gasteiger partial charge in [0, 0.05) is 18.3 Å². The van der Waals surface area contributed by atoms with Crippen LogP contribution in [0.4, 0.5) is 5.69 Å². The number of morpholine rings is 1. The third-order valence-electron chi connectivity index (χ3n) is 3.48. The van der Waals surface area contributed by atoms with Crippen molar-refractivity contribution in [3.8, 4) is 0 Å². The molecule has 0 aromatic heterocycles.